The highest BCUT2D eigenvalue weighted by Crippen LogP contribution is 2.31. The third-order valence-electron chi connectivity index (χ3n) is 2.23. The van der Waals surface area contributed by atoms with E-state index < -0.39 is 23.2 Å². The number of nitrogens with two attached hydrogens (primary N) is 1. The third-order valence-corrected chi connectivity index (χ3v) is 2.23. The molecule has 0 fully saturated rings. The van der Waals surface area contributed by atoms with Gasteiger partial charge >= 0.3 is 12.1 Å². The molecular weight excluding hydrogens is 259 g/mol. The van der Waals surface area contributed by atoms with Gasteiger partial charge in [-0.05, 0) is 24.6 Å². The van der Waals surface area contributed by atoms with Gasteiger partial charge in [-0.15, -0.1) is 12.4 Å². The van der Waals surface area contributed by atoms with Gasteiger partial charge in [-0.1, -0.05) is 12.1 Å². The van der Waals surface area contributed by atoms with Crippen LogP contribution in [0.5, 0.6) is 0 Å². The smallest absolute Gasteiger partial charge is 0.416 e. The maximum Gasteiger partial charge on any atom is 0.416 e. The fourth-order valence-corrected chi connectivity index (χ4v) is 1.14. The number of hydrogen-bond acceptors (Lipinski definition) is 2. The van der Waals surface area contributed by atoms with Gasteiger partial charge in [-0.25, -0.2) is 4.79 Å². The van der Waals surface area contributed by atoms with Crippen LogP contribution in [0.1, 0.15) is 18.1 Å². The monoisotopic (exact) mass is 269 g/mol. The lowest BCUT2D eigenvalue weighted by Gasteiger charge is -2.20. The predicted molar refractivity (Wildman–Crippen MR) is 57.9 cm³/mol. The lowest BCUT2D eigenvalue weighted by atomic mass is 9.92. The second kappa shape index (κ2) is 4.93. The number of halogens is 4. The first-order valence-electron chi connectivity index (χ1n) is 4.35. The van der Waals surface area contributed by atoms with Crippen LogP contribution >= 0.6 is 12.4 Å². The fourth-order valence-electron chi connectivity index (χ4n) is 1.14. The third kappa shape index (κ3) is 3.34. The summed E-state index contributed by atoms with van der Waals surface area (Å²) in [5, 5.41) is 8.78. The summed E-state index contributed by atoms with van der Waals surface area (Å²) >= 11 is 0. The van der Waals surface area contributed by atoms with E-state index in [9.17, 15) is 18.0 Å². The first-order chi connectivity index (χ1) is 7.15. The minimum atomic E-state index is -4.51. The minimum absolute atomic E-state index is 0. The van der Waals surface area contributed by atoms with Crippen molar-refractivity contribution in [3.8, 4) is 0 Å². The average molecular weight is 270 g/mol. The highest BCUT2D eigenvalue weighted by Gasteiger charge is 2.35. The van der Waals surface area contributed by atoms with Gasteiger partial charge in [0.1, 0.15) is 5.54 Å². The lowest BCUT2D eigenvalue weighted by Crippen LogP contribution is -2.41. The summed E-state index contributed by atoms with van der Waals surface area (Å²) in [6.45, 7) is 1.14. The molecule has 0 spiro atoms. The first-order valence-corrected chi connectivity index (χ1v) is 4.35. The van der Waals surface area contributed by atoms with E-state index in [1.54, 1.807) is 0 Å². The van der Waals surface area contributed by atoms with Crippen LogP contribution in [0.15, 0.2) is 24.3 Å². The van der Waals surface area contributed by atoms with E-state index in [0.29, 0.717) is 0 Å². The quantitative estimate of drug-likeness (QED) is 0.866. The Hall–Kier alpha value is -1.27. The fraction of sp³-hybridized carbons (Fsp3) is 0.300. The molecule has 1 atom stereocenters. The molecule has 0 saturated heterocycles. The Morgan fingerprint density at radius 1 is 1.29 bits per heavy atom. The van der Waals surface area contributed by atoms with Gasteiger partial charge in [-0.3, -0.25) is 0 Å². The maximum atomic E-state index is 12.4. The Kier molecular flexibility index (Phi) is 4.56. The van der Waals surface area contributed by atoms with Gasteiger partial charge in [0.15, 0.2) is 0 Å². The molecule has 1 rings (SSSR count). The van der Waals surface area contributed by atoms with E-state index >= 15 is 0 Å². The number of rotatable bonds is 2. The van der Waals surface area contributed by atoms with E-state index in [0.717, 1.165) is 25.1 Å². The molecule has 3 nitrogen and oxygen atoms in total. The first kappa shape index (κ1) is 15.7. The Morgan fingerprint density at radius 2 is 1.76 bits per heavy atom. The number of carboxylic acid groups (broad SMARTS) is 1. The summed E-state index contributed by atoms with van der Waals surface area (Å²) in [7, 11) is 0. The molecule has 0 aliphatic heterocycles. The molecule has 0 radical (unpaired) electrons. The molecule has 0 unspecified atom stereocenters. The standard InChI is InChI=1S/C10H10F3NO2.ClH/c1-9(14,8(15)16)6-3-2-4-7(5-6)10(11,12)13;/h2-5H,14H2,1H3,(H,15,16);1H/t9-;/m1./s1. The van der Waals surface area contributed by atoms with Crippen LogP contribution in [0.3, 0.4) is 0 Å². The van der Waals surface area contributed by atoms with Crippen molar-refractivity contribution >= 4 is 18.4 Å². The van der Waals surface area contributed by atoms with Crippen LogP contribution in [-0.2, 0) is 16.5 Å². The van der Waals surface area contributed by atoms with Crippen molar-refractivity contribution in [2.45, 2.75) is 18.6 Å². The molecule has 1 aromatic rings. The molecule has 0 saturated carbocycles. The molecule has 0 aliphatic rings. The van der Waals surface area contributed by atoms with E-state index in [-0.39, 0.29) is 18.0 Å². The van der Waals surface area contributed by atoms with E-state index in [1.807, 2.05) is 0 Å². The molecule has 0 aromatic heterocycles. The Morgan fingerprint density at radius 3 is 2.18 bits per heavy atom. The number of carboxylic acids is 1. The molecular formula is C10H11ClF3NO2. The highest BCUT2D eigenvalue weighted by molar-refractivity contribution is 5.85. The lowest BCUT2D eigenvalue weighted by molar-refractivity contribution is -0.143. The Labute approximate surface area is 102 Å². The number of benzene rings is 1. The van der Waals surface area contributed by atoms with Crippen LogP contribution in [0.25, 0.3) is 0 Å². The van der Waals surface area contributed by atoms with Gasteiger partial charge in [0.25, 0.3) is 0 Å². The molecule has 96 valence electrons. The number of aliphatic carboxylic acids is 1. The summed E-state index contributed by atoms with van der Waals surface area (Å²) in [5.74, 6) is -1.38. The van der Waals surface area contributed by atoms with Crippen LogP contribution in [0.4, 0.5) is 13.2 Å². The van der Waals surface area contributed by atoms with Crippen LogP contribution < -0.4 is 5.73 Å². The second-order valence-corrected chi connectivity index (χ2v) is 3.59. The van der Waals surface area contributed by atoms with Gasteiger partial charge in [0, 0.05) is 0 Å². The van der Waals surface area contributed by atoms with Crippen molar-refractivity contribution in [3.05, 3.63) is 35.4 Å². The van der Waals surface area contributed by atoms with E-state index in [2.05, 4.69) is 0 Å². The van der Waals surface area contributed by atoms with E-state index in [4.69, 9.17) is 10.8 Å². The van der Waals surface area contributed by atoms with Gasteiger partial charge < -0.3 is 10.8 Å². The maximum absolute atomic E-state index is 12.4. The second-order valence-electron chi connectivity index (χ2n) is 3.59. The average Bonchev–Trinajstić information content (AvgIpc) is 2.16. The van der Waals surface area contributed by atoms with Gasteiger partial charge in [0.2, 0.25) is 0 Å². The summed E-state index contributed by atoms with van der Waals surface area (Å²) < 4.78 is 37.1. The Bertz CT molecular complexity index is 418. The molecule has 0 heterocycles. The molecule has 0 bridgehead atoms. The minimum Gasteiger partial charge on any atom is -0.480 e. The molecule has 0 aliphatic carbocycles. The van der Waals surface area contributed by atoms with Crippen molar-refractivity contribution in [3.63, 3.8) is 0 Å². The van der Waals surface area contributed by atoms with Crippen LogP contribution in [-0.4, -0.2) is 11.1 Å². The zero-order valence-corrected chi connectivity index (χ0v) is 9.60. The van der Waals surface area contributed by atoms with Crippen LogP contribution in [0, 0.1) is 0 Å². The largest absolute Gasteiger partial charge is 0.480 e. The SMILES string of the molecule is C[C@](N)(C(=O)O)c1cccc(C(F)(F)F)c1.Cl. The molecule has 3 N–H and O–H groups in total. The highest BCUT2D eigenvalue weighted by atomic mass is 35.5. The number of carbonyl (C=O) groups is 1. The van der Waals surface area contributed by atoms with E-state index in [1.165, 1.54) is 6.07 Å². The molecule has 7 heteroatoms. The number of hydrogen-bond donors (Lipinski definition) is 2. The topological polar surface area (TPSA) is 63.3 Å². The van der Waals surface area contributed by atoms with Crippen molar-refractivity contribution in [1.82, 2.24) is 0 Å². The zero-order chi connectivity index (χ0) is 12.6. The van der Waals surface area contributed by atoms with Gasteiger partial charge in [-0.2, -0.15) is 13.2 Å². The van der Waals surface area contributed by atoms with Gasteiger partial charge in [0.05, 0.1) is 5.56 Å². The predicted octanol–water partition coefficient (Wildman–Crippen LogP) is 2.39. The molecule has 17 heavy (non-hydrogen) atoms. The van der Waals surface area contributed by atoms with Crippen molar-refractivity contribution in [2.75, 3.05) is 0 Å². The van der Waals surface area contributed by atoms with Crippen LogP contribution in [0.2, 0.25) is 0 Å². The normalized spacial score (nSPS) is 14.6. The summed E-state index contributed by atoms with van der Waals surface area (Å²) in [4.78, 5) is 10.8. The zero-order valence-electron chi connectivity index (χ0n) is 8.78. The van der Waals surface area contributed by atoms with Crippen molar-refractivity contribution in [1.29, 1.82) is 0 Å². The summed E-state index contributed by atoms with van der Waals surface area (Å²) in [5.41, 5.74) is 2.59. The Balaban J connectivity index is 0.00000256. The molecule has 1 aromatic carbocycles. The van der Waals surface area contributed by atoms with Crippen molar-refractivity contribution < 1.29 is 23.1 Å². The summed E-state index contributed by atoms with van der Waals surface area (Å²) in [6, 6.07) is 3.99. The summed E-state index contributed by atoms with van der Waals surface area (Å²) in [6.07, 6.45) is -4.51. The van der Waals surface area contributed by atoms with Crippen molar-refractivity contribution in [2.24, 2.45) is 5.73 Å². The number of alkyl halides is 3. The molecule has 0 amide bonds.